The van der Waals surface area contributed by atoms with E-state index in [1.165, 1.54) is 5.56 Å². The van der Waals surface area contributed by atoms with Crippen molar-refractivity contribution in [2.45, 2.75) is 56.0 Å². The lowest BCUT2D eigenvalue weighted by Gasteiger charge is -2.30. The molecule has 1 aliphatic heterocycles. The van der Waals surface area contributed by atoms with Crippen LogP contribution in [-0.4, -0.2) is 35.6 Å². The molecule has 0 bridgehead atoms. The van der Waals surface area contributed by atoms with Gasteiger partial charge in [0.15, 0.2) is 0 Å². The van der Waals surface area contributed by atoms with Crippen molar-refractivity contribution in [3.63, 3.8) is 0 Å². The molecule has 2 heterocycles. The minimum atomic E-state index is -0.238. The number of methoxy groups -OCH3 is 1. The largest absolute Gasteiger partial charge is 0.381 e. The summed E-state index contributed by atoms with van der Waals surface area (Å²) in [5.74, 6) is 0.315. The average Bonchev–Trinajstić information content (AvgIpc) is 2.88. The zero-order chi connectivity index (χ0) is 13.7. The molecule has 3 aliphatic rings. The minimum absolute atomic E-state index is 0.0665. The van der Waals surface area contributed by atoms with Crippen molar-refractivity contribution in [1.29, 1.82) is 0 Å². The number of nitrogens with one attached hydrogen (secondary N) is 1. The molecule has 3 fully saturated rings. The molecular weight excluding hydrogens is 272 g/mol. The van der Waals surface area contributed by atoms with Crippen molar-refractivity contribution in [3.8, 4) is 0 Å². The van der Waals surface area contributed by atoms with E-state index < -0.39 is 0 Å². The normalized spacial score (nSPS) is 35.1. The second-order valence-corrected chi connectivity index (χ2v) is 7.00. The Labute approximate surface area is 123 Å². The molecule has 1 spiro atoms. The van der Waals surface area contributed by atoms with E-state index in [-0.39, 0.29) is 11.7 Å². The van der Waals surface area contributed by atoms with Gasteiger partial charge < -0.3 is 9.64 Å². The van der Waals surface area contributed by atoms with Crippen LogP contribution in [0.25, 0.3) is 0 Å². The Hall–Kier alpha value is -0.910. The maximum Gasteiger partial charge on any atom is 0.244 e. The summed E-state index contributed by atoms with van der Waals surface area (Å²) in [5, 5.41) is 7.84. The van der Waals surface area contributed by atoms with Crippen LogP contribution >= 0.6 is 11.3 Å². The second kappa shape index (κ2) is 4.55. The summed E-state index contributed by atoms with van der Waals surface area (Å²) < 4.78 is 5.47. The Morgan fingerprint density at radius 3 is 2.90 bits per heavy atom. The van der Waals surface area contributed by atoms with Crippen LogP contribution in [-0.2, 0) is 9.53 Å². The number of carbonyl (C=O) groups is 1. The van der Waals surface area contributed by atoms with Crippen molar-refractivity contribution < 1.29 is 9.53 Å². The predicted molar refractivity (Wildman–Crippen MR) is 77.4 cm³/mol. The second-order valence-electron chi connectivity index (χ2n) is 6.22. The van der Waals surface area contributed by atoms with Crippen molar-refractivity contribution in [2.24, 2.45) is 0 Å². The van der Waals surface area contributed by atoms with E-state index in [0.717, 1.165) is 32.1 Å². The van der Waals surface area contributed by atoms with E-state index in [2.05, 4.69) is 27.0 Å². The number of rotatable bonds is 3. The third kappa shape index (κ3) is 1.84. The lowest BCUT2D eigenvalue weighted by Crippen LogP contribution is -2.39. The third-order valence-electron chi connectivity index (χ3n) is 5.03. The van der Waals surface area contributed by atoms with Crippen LogP contribution in [0.5, 0.6) is 0 Å². The van der Waals surface area contributed by atoms with Crippen molar-refractivity contribution in [2.75, 3.05) is 7.11 Å². The number of nitrogens with zero attached hydrogens (tertiary/aromatic N) is 1. The van der Waals surface area contributed by atoms with Crippen LogP contribution in [0.3, 0.4) is 0 Å². The van der Waals surface area contributed by atoms with Gasteiger partial charge in [-0.05, 0) is 54.5 Å². The highest BCUT2D eigenvalue weighted by Crippen LogP contribution is 2.48. The highest BCUT2D eigenvalue weighted by atomic mass is 32.1. The number of carbonyl (C=O) groups excluding carboxylic acids is 1. The molecule has 3 unspecified atom stereocenters. The van der Waals surface area contributed by atoms with Gasteiger partial charge in [-0.25, -0.2) is 0 Å². The molecular formula is C15H20N2O2S. The zero-order valence-corrected chi connectivity index (χ0v) is 12.5. The van der Waals surface area contributed by atoms with E-state index >= 15 is 0 Å². The molecule has 4 rings (SSSR count). The summed E-state index contributed by atoms with van der Waals surface area (Å²) in [5.41, 5.74) is 0.991. The molecule has 2 aliphatic carbocycles. The Morgan fingerprint density at radius 2 is 2.30 bits per heavy atom. The van der Waals surface area contributed by atoms with Crippen LogP contribution in [0.2, 0.25) is 0 Å². The van der Waals surface area contributed by atoms with E-state index in [9.17, 15) is 4.79 Å². The van der Waals surface area contributed by atoms with E-state index in [1.807, 2.05) is 0 Å². The SMILES string of the molecule is COC1CCC(N2C(=O)C3(CC3)NC2c2ccsc2)C1. The zero-order valence-electron chi connectivity index (χ0n) is 11.7. The molecule has 0 aromatic carbocycles. The first-order chi connectivity index (χ1) is 9.73. The summed E-state index contributed by atoms with van der Waals surface area (Å²) in [6.45, 7) is 0. The fourth-order valence-corrected chi connectivity index (χ4v) is 4.35. The maximum atomic E-state index is 12.8. The Balaban J connectivity index is 1.62. The van der Waals surface area contributed by atoms with E-state index in [0.29, 0.717) is 18.1 Å². The number of hydrogen-bond donors (Lipinski definition) is 1. The molecule has 1 amide bonds. The fourth-order valence-electron chi connectivity index (χ4n) is 3.68. The third-order valence-corrected chi connectivity index (χ3v) is 5.73. The van der Waals surface area contributed by atoms with Crippen molar-refractivity contribution >= 4 is 17.2 Å². The average molecular weight is 292 g/mol. The molecule has 20 heavy (non-hydrogen) atoms. The first-order valence-corrected chi connectivity index (χ1v) is 8.33. The van der Waals surface area contributed by atoms with E-state index in [1.54, 1.807) is 18.4 Å². The smallest absolute Gasteiger partial charge is 0.244 e. The molecule has 0 radical (unpaired) electrons. The standard InChI is InChI=1S/C15H20N2O2S/c1-19-12-3-2-11(8-12)17-13(10-4-7-20-9-10)16-15(5-6-15)14(17)18/h4,7,9,11-13,16H,2-3,5-6,8H2,1H3. The van der Waals surface area contributed by atoms with Gasteiger partial charge in [0.25, 0.3) is 0 Å². The molecule has 5 heteroatoms. The van der Waals surface area contributed by atoms with Gasteiger partial charge >= 0.3 is 0 Å². The first-order valence-electron chi connectivity index (χ1n) is 7.39. The highest BCUT2D eigenvalue weighted by molar-refractivity contribution is 7.07. The van der Waals surface area contributed by atoms with Gasteiger partial charge in [-0.15, -0.1) is 0 Å². The minimum Gasteiger partial charge on any atom is -0.381 e. The predicted octanol–water partition coefficient (Wildman–Crippen LogP) is 2.28. The van der Waals surface area contributed by atoms with Gasteiger partial charge in [-0.1, -0.05) is 0 Å². The summed E-state index contributed by atoms with van der Waals surface area (Å²) in [4.78, 5) is 14.9. The van der Waals surface area contributed by atoms with Crippen LogP contribution in [0, 0.1) is 0 Å². The van der Waals surface area contributed by atoms with Crippen LogP contribution in [0.15, 0.2) is 16.8 Å². The van der Waals surface area contributed by atoms with Crippen LogP contribution in [0.1, 0.15) is 43.8 Å². The first kappa shape index (κ1) is 12.8. The molecule has 1 saturated heterocycles. The molecule has 108 valence electrons. The Kier molecular flexibility index (Phi) is 2.91. The van der Waals surface area contributed by atoms with Gasteiger partial charge in [0, 0.05) is 13.2 Å². The summed E-state index contributed by atoms with van der Waals surface area (Å²) in [6, 6.07) is 2.46. The summed E-state index contributed by atoms with van der Waals surface area (Å²) in [6.07, 6.45) is 5.45. The van der Waals surface area contributed by atoms with Gasteiger partial charge in [-0.3, -0.25) is 10.1 Å². The van der Waals surface area contributed by atoms with Crippen molar-refractivity contribution in [3.05, 3.63) is 22.4 Å². The highest BCUT2D eigenvalue weighted by Gasteiger charge is 2.61. The monoisotopic (exact) mass is 292 g/mol. The molecule has 4 nitrogen and oxygen atoms in total. The number of ether oxygens (including phenoxy) is 1. The van der Waals surface area contributed by atoms with Gasteiger partial charge in [0.05, 0.1) is 6.10 Å². The van der Waals surface area contributed by atoms with Gasteiger partial charge in [0.2, 0.25) is 5.91 Å². The lowest BCUT2D eigenvalue weighted by molar-refractivity contribution is -0.133. The van der Waals surface area contributed by atoms with Gasteiger partial charge in [0.1, 0.15) is 11.7 Å². The fraction of sp³-hybridized carbons (Fsp3) is 0.667. The Morgan fingerprint density at radius 1 is 1.45 bits per heavy atom. The molecule has 1 aromatic rings. The number of hydrogen-bond acceptors (Lipinski definition) is 4. The molecule has 1 aromatic heterocycles. The van der Waals surface area contributed by atoms with E-state index in [4.69, 9.17) is 4.74 Å². The Bertz CT molecular complexity index is 512. The number of amides is 1. The van der Waals surface area contributed by atoms with Gasteiger partial charge in [-0.2, -0.15) is 11.3 Å². The number of thiophene rings is 1. The van der Waals surface area contributed by atoms with Crippen LogP contribution in [0.4, 0.5) is 0 Å². The summed E-state index contributed by atoms with van der Waals surface area (Å²) in [7, 11) is 1.77. The maximum absolute atomic E-state index is 12.8. The molecule has 2 saturated carbocycles. The quantitative estimate of drug-likeness (QED) is 0.929. The molecule has 1 N–H and O–H groups in total. The topological polar surface area (TPSA) is 41.6 Å². The molecule has 3 atom stereocenters. The van der Waals surface area contributed by atoms with Crippen LogP contribution < -0.4 is 5.32 Å². The summed E-state index contributed by atoms with van der Waals surface area (Å²) >= 11 is 1.70. The van der Waals surface area contributed by atoms with Crippen molar-refractivity contribution in [1.82, 2.24) is 10.2 Å². The lowest BCUT2D eigenvalue weighted by atomic mass is 10.1.